The van der Waals surface area contributed by atoms with Crippen LogP contribution in [0.4, 0.5) is 0 Å². The predicted molar refractivity (Wildman–Crippen MR) is 123 cm³/mol. The molecule has 0 saturated heterocycles. The van der Waals surface area contributed by atoms with E-state index >= 15 is 0 Å². The molecule has 2 aromatic carbocycles. The zero-order valence-corrected chi connectivity index (χ0v) is 19.2. The van der Waals surface area contributed by atoms with Gasteiger partial charge in [0.1, 0.15) is 11.8 Å². The molecule has 2 aromatic rings. The number of nitrogens with one attached hydrogen (secondary N) is 1. The van der Waals surface area contributed by atoms with Gasteiger partial charge in [0.15, 0.2) is 6.61 Å². The second kappa shape index (κ2) is 11.4. The summed E-state index contributed by atoms with van der Waals surface area (Å²) in [6.45, 7) is 1.78. The number of ether oxygens (including phenoxy) is 1. The van der Waals surface area contributed by atoms with Gasteiger partial charge in [-0.05, 0) is 49.6 Å². The van der Waals surface area contributed by atoms with Gasteiger partial charge >= 0.3 is 0 Å². The molecule has 0 aromatic heterocycles. The highest BCUT2D eigenvalue weighted by molar-refractivity contribution is 6.32. The molecule has 31 heavy (non-hydrogen) atoms. The second-order valence-electron chi connectivity index (χ2n) is 7.89. The predicted octanol–water partition coefficient (Wildman–Crippen LogP) is 5.24. The minimum absolute atomic E-state index is 0.153. The maximum Gasteiger partial charge on any atom is 0.261 e. The Morgan fingerprint density at radius 3 is 2.55 bits per heavy atom. The number of rotatable bonds is 8. The van der Waals surface area contributed by atoms with Crippen LogP contribution in [0.5, 0.6) is 5.75 Å². The first-order valence-corrected chi connectivity index (χ1v) is 11.4. The number of hydrogen-bond donors (Lipinski definition) is 1. The van der Waals surface area contributed by atoms with E-state index in [0.717, 1.165) is 31.2 Å². The fourth-order valence-electron chi connectivity index (χ4n) is 3.77. The van der Waals surface area contributed by atoms with Gasteiger partial charge in [-0.3, -0.25) is 9.59 Å². The molecule has 0 aliphatic heterocycles. The van der Waals surface area contributed by atoms with Crippen LogP contribution in [0.25, 0.3) is 0 Å². The summed E-state index contributed by atoms with van der Waals surface area (Å²) in [5.41, 5.74) is 0.843. The molecule has 0 spiro atoms. The third kappa shape index (κ3) is 6.88. The molecule has 1 saturated carbocycles. The standard InChI is InChI=1S/C24H28Cl2N2O3/c1-17(24(30)27-20-10-3-2-4-11-20)28(15-18-8-7-9-19(25)14-18)23(29)16-31-22-13-6-5-12-21(22)26/h5-9,12-14,17,20H,2-4,10-11,15-16H2,1H3,(H,27,30)/t17-/m0/s1. The molecule has 166 valence electrons. The SMILES string of the molecule is C[C@@H](C(=O)NC1CCCCC1)N(Cc1cccc(Cl)c1)C(=O)COc1ccccc1Cl. The summed E-state index contributed by atoms with van der Waals surface area (Å²) in [6, 6.07) is 13.8. The zero-order valence-electron chi connectivity index (χ0n) is 17.7. The van der Waals surface area contributed by atoms with Gasteiger partial charge in [-0.2, -0.15) is 0 Å². The number of carbonyl (C=O) groups is 2. The van der Waals surface area contributed by atoms with Gasteiger partial charge in [0, 0.05) is 17.6 Å². The first-order valence-electron chi connectivity index (χ1n) is 10.7. The van der Waals surface area contributed by atoms with Crippen molar-refractivity contribution in [2.24, 2.45) is 0 Å². The third-order valence-corrected chi connectivity index (χ3v) is 6.10. The summed E-state index contributed by atoms with van der Waals surface area (Å²) in [6.07, 6.45) is 5.42. The Bertz CT molecular complexity index is 900. The molecule has 1 aliphatic rings. The molecular formula is C24H28Cl2N2O3. The molecule has 1 N–H and O–H groups in total. The van der Waals surface area contributed by atoms with E-state index in [1.54, 1.807) is 43.3 Å². The molecule has 0 bridgehead atoms. The Labute approximate surface area is 193 Å². The van der Waals surface area contributed by atoms with E-state index in [1.165, 1.54) is 11.3 Å². The molecule has 1 fully saturated rings. The highest BCUT2D eigenvalue weighted by atomic mass is 35.5. The minimum atomic E-state index is -0.650. The van der Waals surface area contributed by atoms with Crippen molar-refractivity contribution in [3.63, 3.8) is 0 Å². The Morgan fingerprint density at radius 2 is 1.84 bits per heavy atom. The number of halogens is 2. The lowest BCUT2D eigenvalue weighted by Gasteiger charge is -2.31. The van der Waals surface area contributed by atoms with E-state index in [1.807, 2.05) is 12.1 Å². The Morgan fingerprint density at radius 1 is 1.10 bits per heavy atom. The number of amides is 2. The van der Waals surface area contributed by atoms with Crippen LogP contribution < -0.4 is 10.1 Å². The summed E-state index contributed by atoms with van der Waals surface area (Å²) < 4.78 is 5.64. The lowest BCUT2D eigenvalue weighted by Crippen LogP contribution is -2.51. The van der Waals surface area contributed by atoms with Crippen molar-refractivity contribution in [1.29, 1.82) is 0 Å². The molecule has 0 heterocycles. The van der Waals surface area contributed by atoms with Crippen LogP contribution in [0.1, 0.15) is 44.6 Å². The van der Waals surface area contributed by atoms with E-state index in [2.05, 4.69) is 5.32 Å². The lowest BCUT2D eigenvalue weighted by molar-refractivity contribution is -0.142. The van der Waals surface area contributed by atoms with Crippen molar-refractivity contribution in [3.05, 3.63) is 64.1 Å². The maximum absolute atomic E-state index is 13.1. The summed E-state index contributed by atoms with van der Waals surface area (Å²) >= 11 is 12.2. The maximum atomic E-state index is 13.1. The number of nitrogens with zero attached hydrogens (tertiary/aromatic N) is 1. The van der Waals surface area contributed by atoms with E-state index < -0.39 is 6.04 Å². The van der Waals surface area contributed by atoms with Gasteiger partial charge in [0.2, 0.25) is 5.91 Å². The number of hydrogen-bond acceptors (Lipinski definition) is 3. The van der Waals surface area contributed by atoms with Crippen LogP contribution in [0, 0.1) is 0 Å². The Balaban J connectivity index is 1.71. The third-order valence-electron chi connectivity index (χ3n) is 5.55. The van der Waals surface area contributed by atoms with E-state index in [4.69, 9.17) is 27.9 Å². The highest BCUT2D eigenvalue weighted by Gasteiger charge is 2.28. The van der Waals surface area contributed by atoms with Crippen molar-refractivity contribution < 1.29 is 14.3 Å². The fourth-order valence-corrected chi connectivity index (χ4v) is 4.17. The molecule has 1 atom stereocenters. The first-order chi connectivity index (χ1) is 14.9. The lowest BCUT2D eigenvalue weighted by atomic mass is 9.95. The summed E-state index contributed by atoms with van der Waals surface area (Å²) in [7, 11) is 0. The van der Waals surface area contributed by atoms with Gasteiger partial charge in [-0.15, -0.1) is 0 Å². The average Bonchev–Trinajstić information content (AvgIpc) is 2.77. The molecule has 5 nitrogen and oxygen atoms in total. The number of carbonyl (C=O) groups excluding carboxylic acids is 2. The van der Waals surface area contributed by atoms with Crippen molar-refractivity contribution >= 4 is 35.0 Å². The highest BCUT2D eigenvalue weighted by Crippen LogP contribution is 2.23. The normalized spacial score (nSPS) is 15.2. The summed E-state index contributed by atoms with van der Waals surface area (Å²) in [4.78, 5) is 27.6. The van der Waals surface area contributed by atoms with Gasteiger partial charge < -0.3 is 15.0 Å². The Hall–Kier alpha value is -2.24. The van der Waals surface area contributed by atoms with Crippen molar-refractivity contribution in [1.82, 2.24) is 10.2 Å². The van der Waals surface area contributed by atoms with Gasteiger partial charge in [0.25, 0.3) is 5.91 Å². The van der Waals surface area contributed by atoms with Gasteiger partial charge in [-0.1, -0.05) is 66.7 Å². The van der Waals surface area contributed by atoms with Crippen LogP contribution in [-0.2, 0) is 16.1 Å². The smallest absolute Gasteiger partial charge is 0.261 e. The van der Waals surface area contributed by atoms with Crippen LogP contribution in [-0.4, -0.2) is 35.4 Å². The van der Waals surface area contributed by atoms with E-state index in [9.17, 15) is 9.59 Å². The molecule has 3 rings (SSSR count). The minimum Gasteiger partial charge on any atom is -0.482 e. The van der Waals surface area contributed by atoms with E-state index in [-0.39, 0.29) is 31.0 Å². The number of para-hydroxylation sites is 1. The van der Waals surface area contributed by atoms with Crippen LogP contribution >= 0.6 is 23.2 Å². The second-order valence-corrected chi connectivity index (χ2v) is 8.73. The van der Waals surface area contributed by atoms with Crippen molar-refractivity contribution in [3.8, 4) is 5.75 Å². The largest absolute Gasteiger partial charge is 0.482 e. The van der Waals surface area contributed by atoms with Crippen LogP contribution in [0.15, 0.2) is 48.5 Å². The zero-order chi connectivity index (χ0) is 22.2. The van der Waals surface area contributed by atoms with Crippen LogP contribution in [0.2, 0.25) is 10.0 Å². The quantitative estimate of drug-likeness (QED) is 0.583. The van der Waals surface area contributed by atoms with Crippen molar-refractivity contribution in [2.75, 3.05) is 6.61 Å². The average molecular weight is 463 g/mol. The summed E-state index contributed by atoms with van der Waals surface area (Å²) in [5, 5.41) is 4.12. The first kappa shape index (κ1) is 23.4. The summed E-state index contributed by atoms with van der Waals surface area (Å²) in [5.74, 6) is -0.0225. The van der Waals surface area contributed by atoms with Crippen LogP contribution in [0.3, 0.4) is 0 Å². The van der Waals surface area contributed by atoms with E-state index in [0.29, 0.717) is 15.8 Å². The van der Waals surface area contributed by atoms with Gasteiger partial charge in [-0.25, -0.2) is 0 Å². The fraction of sp³-hybridized carbons (Fsp3) is 0.417. The number of benzene rings is 2. The van der Waals surface area contributed by atoms with Gasteiger partial charge in [0.05, 0.1) is 5.02 Å². The molecule has 0 radical (unpaired) electrons. The molecule has 2 amide bonds. The molecule has 1 aliphatic carbocycles. The molecular weight excluding hydrogens is 435 g/mol. The monoisotopic (exact) mass is 462 g/mol. The Kier molecular flexibility index (Phi) is 8.61. The molecule has 0 unspecified atom stereocenters. The molecule has 7 heteroatoms. The topological polar surface area (TPSA) is 58.6 Å². The van der Waals surface area contributed by atoms with Crippen molar-refractivity contribution in [2.45, 2.75) is 57.7 Å².